The minimum Gasteiger partial charge on any atom is -0.343 e. The average Bonchev–Trinajstić information content (AvgIpc) is 2.43. The van der Waals surface area contributed by atoms with E-state index in [1.807, 2.05) is 11.9 Å². The molecule has 1 aromatic carbocycles. The fourth-order valence-electron chi connectivity index (χ4n) is 2.92. The van der Waals surface area contributed by atoms with Gasteiger partial charge in [-0.25, -0.2) is 0 Å². The van der Waals surface area contributed by atoms with Gasteiger partial charge in [-0.2, -0.15) is 0 Å². The van der Waals surface area contributed by atoms with Crippen LogP contribution in [0.4, 0.5) is 0 Å². The van der Waals surface area contributed by atoms with Crippen molar-refractivity contribution in [3.05, 3.63) is 35.4 Å². The van der Waals surface area contributed by atoms with Gasteiger partial charge in [0.1, 0.15) is 0 Å². The molecule has 1 fully saturated rings. The Labute approximate surface area is 114 Å². The number of nitrogens with one attached hydrogen (secondary N) is 1. The van der Waals surface area contributed by atoms with Gasteiger partial charge in [-0.3, -0.25) is 9.69 Å². The molecular formula is C15H21N3O. The minimum atomic E-state index is 0.238. The largest absolute Gasteiger partial charge is 0.343 e. The second-order valence-electron chi connectivity index (χ2n) is 5.60. The van der Waals surface area contributed by atoms with Crippen molar-refractivity contribution < 1.29 is 4.79 Å². The highest BCUT2D eigenvalue weighted by molar-refractivity contribution is 5.78. The van der Waals surface area contributed by atoms with Crippen LogP contribution >= 0.6 is 0 Å². The third kappa shape index (κ3) is 2.80. The van der Waals surface area contributed by atoms with Crippen molar-refractivity contribution >= 4 is 5.91 Å². The fraction of sp³-hybridized carbons (Fsp3) is 0.533. The normalized spacial score (nSPS) is 24.4. The summed E-state index contributed by atoms with van der Waals surface area (Å²) in [5.74, 6) is 0.238. The summed E-state index contributed by atoms with van der Waals surface area (Å²) in [7, 11) is 1.88. The van der Waals surface area contributed by atoms with E-state index in [0.29, 0.717) is 12.6 Å². The minimum absolute atomic E-state index is 0.238. The molecule has 0 aliphatic carbocycles. The molecule has 1 amide bonds. The first kappa shape index (κ1) is 12.6. The van der Waals surface area contributed by atoms with Gasteiger partial charge in [-0.15, -0.1) is 0 Å². The van der Waals surface area contributed by atoms with Crippen LogP contribution in [0.2, 0.25) is 0 Å². The molecule has 0 saturated carbocycles. The van der Waals surface area contributed by atoms with Crippen LogP contribution in [-0.2, 0) is 17.8 Å². The summed E-state index contributed by atoms with van der Waals surface area (Å²) in [6, 6.07) is 9.09. The van der Waals surface area contributed by atoms with E-state index < -0.39 is 0 Å². The molecule has 1 atom stereocenters. The lowest BCUT2D eigenvalue weighted by molar-refractivity contribution is -0.134. The zero-order chi connectivity index (χ0) is 13.2. The van der Waals surface area contributed by atoms with Crippen LogP contribution in [0.3, 0.4) is 0 Å². The number of piperazine rings is 1. The molecule has 0 aromatic heterocycles. The first-order valence-electron chi connectivity index (χ1n) is 6.99. The van der Waals surface area contributed by atoms with Gasteiger partial charge in [0, 0.05) is 39.3 Å². The van der Waals surface area contributed by atoms with Crippen molar-refractivity contribution in [3.8, 4) is 0 Å². The Morgan fingerprint density at radius 3 is 2.84 bits per heavy atom. The molecular weight excluding hydrogens is 238 g/mol. The van der Waals surface area contributed by atoms with Crippen LogP contribution < -0.4 is 5.32 Å². The Morgan fingerprint density at radius 1 is 1.26 bits per heavy atom. The van der Waals surface area contributed by atoms with Crippen LogP contribution in [-0.4, -0.2) is 55.0 Å². The number of hydrogen-bond donors (Lipinski definition) is 1. The molecule has 2 aliphatic heterocycles. The summed E-state index contributed by atoms with van der Waals surface area (Å²) in [6.07, 6.45) is 1.07. The van der Waals surface area contributed by atoms with Crippen LogP contribution in [0.25, 0.3) is 0 Å². The van der Waals surface area contributed by atoms with Crippen LogP contribution in [0.5, 0.6) is 0 Å². The summed E-state index contributed by atoms with van der Waals surface area (Å²) in [6.45, 7) is 4.32. The molecule has 0 spiro atoms. The van der Waals surface area contributed by atoms with Crippen molar-refractivity contribution in [2.45, 2.75) is 19.0 Å². The highest BCUT2D eigenvalue weighted by Crippen LogP contribution is 2.17. The van der Waals surface area contributed by atoms with Gasteiger partial charge >= 0.3 is 0 Å². The van der Waals surface area contributed by atoms with Crippen molar-refractivity contribution in [1.29, 1.82) is 0 Å². The predicted molar refractivity (Wildman–Crippen MR) is 74.9 cm³/mol. The van der Waals surface area contributed by atoms with Crippen LogP contribution in [0, 0.1) is 0 Å². The zero-order valence-electron chi connectivity index (χ0n) is 11.4. The first-order chi connectivity index (χ1) is 9.22. The molecule has 1 N–H and O–H groups in total. The number of amides is 1. The molecule has 1 saturated heterocycles. The van der Waals surface area contributed by atoms with Crippen LogP contribution in [0.15, 0.2) is 24.3 Å². The van der Waals surface area contributed by atoms with Crippen molar-refractivity contribution in [2.75, 3.05) is 33.2 Å². The molecule has 102 valence electrons. The lowest BCUT2D eigenvalue weighted by Crippen LogP contribution is -2.53. The van der Waals surface area contributed by atoms with Gasteiger partial charge in [0.15, 0.2) is 0 Å². The van der Waals surface area contributed by atoms with Crippen LogP contribution in [0.1, 0.15) is 11.1 Å². The Balaban J connectivity index is 1.59. The topological polar surface area (TPSA) is 35.6 Å². The maximum Gasteiger partial charge on any atom is 0.236 e. The van der Waals surface area contributed by atoms with E-state index >= 15 is 0 Å². The summed E-state index contributed by atoms with van der Waals surface area (Å²) in [5.41, 5.74) is 2.86. The van der Waals surface area contributed by atoms with Gasteiger partial charge in [-0.05, 0) is 17.5 Å². The highest BCUT2D eigenvalue weighted by atomic mass is 16.2. The molecule has 4 heteroatoms. The van der Waals surface area contributed by atoms with Crippen molar-refractivity contribution in [1.82, 2.24) is 15.1 Å². The van der Waals surface area contributed by atoms with Gasteiger partial charge < -0.3 is 10.2 Å². The average molecular weight is 259 g/mol. The number of benzene rings is 1. The maximum atomic E-state index is 11.7. The lowest BCUT2D eigenvalue weighted by atomic mass is 9.95. The molecule has 2 heterocycles. The monoisotopic (exact) mass is 259 g/mol. The number of likely N-dealkylation sites (N-methyl/N-ethyl adjacent to an activating group) is 1. The summed E-state index contributed by atoms with van der Waals surface area (Å²) in [5, 5.41) is 3.58. The summed E-state index contributed by atoms with van der Waals surface area (Å²) in [4.78, 5) is 15.8. The molecule has 1 aromatic rings. The Hall–Kier alpha value is -1.39. The van der Waals surface area contributed by atoms with Gasteiger partial charge in [0.25, 0.3) is 0 Å². The molecule has 3 rings (SSSR count). The van der Waals surface area contributed by atoms with Crippen molar-refractivity contribution in [2.24, 2.45) is 0 Å². The number of nitrogens with zero attached hydrogens (tertiary/aromatic N) is 2. The number of carbonyl (C=O) groups excluding carboxylic acids is 1. The molecule has 0 unspecified atom stereocenters. The number of hydrogen-bond acceptors (Lipinski definition) is 3. The van der Waals surface area contributed by atoms with E-state index in [-0.39, 0.29) is 5.91 Å². The number of rotatable bonds is 2. The second-order valence-corrected chi connectivity index (χ2v) is 5.60. The van der Waals surface area contributed by atoms with E-state index in [1.165, 1.54) is 11.1 Å². The Morgan fingerprint density at radius 2 is 2.05 bits per heavy atom. The van der Waals surface area contributed by atoms with Gasteiger partial charge in [0.05, 0.1) is 6.54 Å². The summed E-state index contributed by atoms with van der Waals surface area (Å²) >= 11 is 0. The van der Waals surface area contributed by atoms with Crippen molar-refractivity contribution in [3.63, 3.8) is 0 Å². The third-order valence-corrected chi connectivity index (χ3v) is 4.18. The molecule has 2 aliphatic rings. The van der Waals surface area contributed by atoms with E-state index in [2.05, 4.69) is 34.5 Å². The Kier molecular flexibility index (Phi) is 3.53. The third-order valence-electron chi connectivity index (χ3n) is 4.18. The number of carbonyl (C=O) groups is 1. The smallest absolute Gasteiger partial charge is 0.236 e. The van der Waals surface area contributed by atoms with Gasteiger partial charge in [-0.1, -0.05) is 24.3 Å². The van der Waals surface area contributed by atoms with E-state index in [1.54, 1.807) is 0 Å². The first-order valence-corrected chi connectivity index (χ1v) is 6.99. The second kappa shape index (κ2) is 5.31. The standard InChI is InChI=1S/C15H21N3O/c1-17-6-7-18(11-15(17)19)10-14-8-12-4-2-3-5-13(12)9-16-14/h2-5,14,16H,6-11H2,1H3/t14-/m0/s1. The quantitative estimate of drug-likeness (QED) is 0.839. The molecule has 0 radical (unpaired) electrons. The molecule has 4 nitrogen and oxygen atoms in total. The SMILES string of the molecule is CN1CCN(C[C@@H]2Cc3ccccc3CN2)CC1=O. The summed E-state index contributed by atoms with van der Waals surface area (Å²) < 4.78 is 0. The number of fused-ring (bicyclic) bond motifs is 1. The zero-order valence-corrected chi connectivity index (χ0v) is 11.4. The fourth-order valence-corrected chi connectivity index (χ4v) is 2.92. The Bertz CT molecular complexity index is 474. The molecule has 0 bridgehead atoms. The predicted octanol–water partition coefficient (Wildman–Crippen LogP) is 0.475. The molecule has 19 heavy (non-hydrogen) atoms. The van der Waals surface area contributed by atoms with Gasteiger partial charge in [0.2, 0.25) is 5.91 Å². The lowest BCUT2D eigenvalue weighted by Gasteiger charge is -2.36. The maximum absolute atomic E-state index is 11.7. The highest BCUT2D eigenvalue weighted by Gasteiger charge is 2.25. The van der Waals surface area contributed by atoms with E-state index in [4.69, 9.17) is 0 Å². The van der Waals surface area contributed by atoms with E-state index in [9.17, 15) is 4.79 Å². The van der Waals surface area contributed by atoms with E-state index in [0.717, 1.165) is 32.6 Å².